The maximum absolute atomic E-state index is 13.0. The Morgan fingerprint density at radius 1 is 1.16 bits per heavy atom. The quantitative estimate of drug-likeness (QED) is 0.747. The fourth-order valence-corrected chi connectivity index (χ4v) is 2.14. The molecule has 0 fully saturated rings. The number of amides is 1. The Morgan fingerprint density at radius 3 is 2.52 bits per heavy atom. The van der Waals surface area contributed by atoms with Gasteiger partial charge in [0.2, 0.25) is 5.95 Å². The van der Waals surface area contributed by atoms with Crippen LogP contribution in [0.1, 0.15) is 12.5 Å². The number of hydrogen-bond donors (Lipinski definition) is 2. The van der Waals surface area contributed by atoms with Crippen molar-refractivity contribution < 1.29 is 13.9 Å². The summed E-state index contributed by atoms with van der Waals surface area (Å²) < 4.78 is 18.5. The lowest BCUT2D eigenvalue weighted by Crippen LogP contribution is -2.30. The molecule has 0 aliphatic rings. The molecule has 3 rings (SSSR count). The first-order chi connectivity index (χ1) is 12.0. The van der Waals surface area contributed by atoms with E-state index < -0.39 is 6.10 Å². The van der Waals surface area contributed by atoms with Gasteiger partial charge in [-0.2, -0.15) is 4.98 Å². The molecule has 2 aromatic carbocycles. The molecule has 0 bridgehead atoms. The molecule has 25 heavy (non-hydrogen) atoms. The van der Waals surface area contributed by atoms with Crippen LogP contribution in [0, 0.1) is 12.7 Å². The summed E-state index contributed by atoms with van der Waals surface area (Å²) in [6.45, 7) is 3.62. The minimum atomic E-state index is -0.713. The molecule has 128 valence electrons. The normalized spacial score (nSPS) is 11.8. The summed E-state index contributed by atoms with van der Waals surface area (Å²) in [5.41, 5.74) is 1.77. The third-order valence-electron chi connectivity index (χ3n) is 3.54. The molecule has 0 saturated carbocycles. The van der Waals surface area contributed by atoms with Gasteiger partial charge in [-0.25, -0.2) is 4.39 Å². The van der Waals surface area contributed by atoms with E-state index in [0.717, 1.165) is 5.56 Å². The minimum absolute atomic E-state index is 0.128. The maximum atomic E-state index is 13.0. The Morgan fingerprint density at radius 2 is 1.84 bits per heavy atom. The highest BCUT2D eigenvalue weighted by Crippen LogP contribution is 2.17. The molecule has 7 heteroatoms. The van der Waals surface area contributed by atoms with Crippen molar-refractivity contribution in [2.45, 2.75) is 20.0 Å². The van der Waals surface area contributed by atoms with Gasteiger partial charge < -0.3 is 4.74 Å². The molecule has 0 spiro atoms. The number of hydrogen-bond acceptors (Lipinski definition) is 4. The second-order valence-corrected chi connectivity index (χ2v) is 5.58. The highest BCUT2D eigenvalue weighted by molar-refractivity contribution is 5.92. The van der Waals surface area contributed by atoms with Gasteiger partial charge in [0.15, 0.2) is 11.9 Å². The summed E-state index contributed by atoms with van der Waals surface area (Å²) in [6, 6.07) is 13.2. The van der Waals surface area contributed by atoms with Gasteiger partial charge in [-0.15, -0.1) is 5.10 Å². The fourth-order valence-electron chi connectivity index (χ4n) is 2.14. The number of aryl methyl sites for hydroxylation is 1. The molecule has 1 atom stereocenters. The lowest BCUT2D eigenvalue weighted by Gasteiger charge is -2.13. The van der Waals surface area contributed by atoms with Crippen molar-refractivity contribution in [2.75, 3.05) is 5.32 Å². The van der Waals surface area contributed by atoms with E-state index in [1.807, 2.05) is 19.1 Å². The number of anilines is 1. The van der Waals surface area contributed by atoms with Gasteiger partial charge in [0.25, 0.3) is 5.91 Å². The molecule has 0 radical (unpaired) electrons. The molecule has 1 heterocycles. The summed E-state index contributed by atoms with van der Waals surface area (Å²) in [5, 5.41) is 9.22. The van der Waals surface area contributed by atoms with Crippen molar-refractivity contribution in [3.63, 3.8) is 0 Å². The Kier molecular flexibility index (Phi) is 4.74. The monoisotopic (exact) mass is 340 g/mol. The summed E-state index contributed by atoms with van der Waals surface area (Å²) in [6.07, 6.45) is -0.713. The molecular formula is C18H17FN4O2. The van der Waals surface area contributed by atoms with E-state index in [9.17, 15) is 9.18 Å². The number of nitrogens with one attached hydrogen (secondary N) is 2. The second-order valence-electron chi connectivity index (χ2n) is 5.58. The van der Waals surface area contributed by atoms with Crippen LogP contribution in [0.5, 0.6) is 5.75 Å². The predicted octanol–water partition coefficient (Wildman–Crippen LogP) is 3.33. The molecule has 1 unspecified atom stereocenters. The largest absolute Gasteiger partial charge is 0.481 e. The van der Waals surface area contributed by atoms with E-state index >= 15 is 0 Å². The zero-order chi connectivity index (χ0) is 17.8. The van der Waals surface area contributed by atoms with Crippen molar-refractivity contribution in [2.24, 2.45) is 0 Å². The number of aromatic nitrogens is 3. The molecule has 0 aliphatic heterocycles. The van der Waals surface area contributed by atoms with Gasteiger partial charge in [-0.05, 0) is 50.2 Å². The average Bonchev–Trinajstić information content (AvgIpc) is 3.06. The van der Waals surface area contributed by atoms with E-state index in [1.165, 1.54) is 12.1 Å². The van der Waals surface area contributed by atoms with E-state index in [-0.39, 0.29) is 17.7 Å². The molecule has 3 aromatic rings. The van der Waals surface area contributed by atoms with Crippen LogP contribution >= 0.6 is 0 Å². The SMILES string of the molecule is Cc1ccc(OC(C)C(=O)Nc2n[nH]c(-c3ccc(F)cc3)n2)cc1. The van der Waals surface area contributed by atoms with Gasteiger partial charge in [-0.3, -0.25) is 15.2 Å². The van der Waals surface area contributed by atoms with Gasteiger partial charge in [0.05, 0.1) is 0 Å². The van der Waals surface area contributed by atoms with E-state index in [2.05, 4.69) is 20.5 Å². The van der Waals surface area contributed by atoms with Crippen LogP contribution in [-0.2, 0) is 4.79 Å². The van der Waals surface area contributed by atoms with Crippen LogP contribution < -0.4 is 10.1 Å². The van der Waals surface area contributed by atoms with Gasteiger partial charge in [0, 0.05) is 5.56 Å². The van der Waals surface area contributed by atoms with Gasteiger partial charge in [-0.1, -0.05) is 17.7 Å². The number of carbonyl (C=O) groups excluding carboxylic acids is 1. The first-order valence-electron chi connectivity index (χ1n) is 7.74. The smallest absolute Gasteiger partial charge is 0.267 e. The Balaban J connectivity index is 1.62. The van der Waals surface area contributed by atoms with Crippen LogP contribution in [0.4, 0.5) is 10.3 Å². The number of halogens is 1. The summed E-state index contributed by atoms with van der Waals surface area (Å²) >= 11 is 0. The number of nitrogens with zero attached hydrogens (tertiary/aromatic N) is 2. The molecule has 1 amide bonds. The Labute approximate surface area is 144 Å². The molecule has 6 nitrogen and oxygen atoms in total. The third kappa shape index (κ3) is 4.20. The number of benzene rings is 2. The summed E-state index contributed by atoms with van der Waals surface area (Å²) in [5.74, 6) is 0.463. The van der Waals surface area contributed by atoms with Crippen molar-refractivity contribution in [3.05, 3.63) is 59.9 Å². The zero-order valence-electron chi connectivity index (χ0n) is 13.8. The number of rotatable bonds is 5. The van der Waals surface area contributed by atoms with Crippen LogP contribution in [0.25, 0.3) is 11.4 Å². The molecule has 0 saturated heterocycles. The number of aromatic amines is 1. The van der Waals surface area contributed by atoms with Crippen LogP contribution in [0.2, 0.25) is 0 Å². The lowest BCUT2D eigenvalue weighted by molar-refractivity contribution is -0.122. The zero-order valence-corrected chi connectivity index (χ0v) is 13.8. The van der Waals surface area contributed by atoms with Crippen LogP contribution in [0.3, 0.4) is 0 Å². The Hall–Kier alpha value is -3.22. The Bertz CT molecular complexity index is 860. The summed E-state index contributed by atoms with van der Waals surface area (Å²) in [4.78, 5) is 16.4. The van der Waals surface area contributed by atoms with Gasteiger partial charge >= 0.3 is 0 Å². The van der Waals surface area contributed by atoms with E-state index in [0.29, 0.717) is 17.1 Å². The maximum Gasteiger partial charge on any atom is 0.267 e. The van der Waals surface area contributed by atoms with Crippen molar-refractivity contribution in [1.82, 2.24) is 15.2 Å². The van der Waals surface area contributed by atoms with Crippen molar-refractivity contribution in [3.8, 4) is 17.1 Å². The number of carbonyl (C=O) groups is 1. The second kappa shape index (κ2) is 7.12. The standard InChI is InChI=1S/C18H17FN4O2/c1-11-3-9-15(10-4-11)25-12(2)17(24)21-18-20-16(22-23-18)13-5-7-14(19)8-6-13/h3-10,12H,1-2H3,(H2,20,21,22,23,24). The van der Waals surface area contributed by atoms with E-state index in [4.69, 9.17) is 4.74 Å². The fraction of sp³-hybridized carbons (Fsp3) is 0.167. The van der Waals surface area contributed by atoms with Crippen LogP contribution in [-0.4, -0.2) is 27.2 Å². The minimum Gasteiger partial charge on any atom is -0.481 e. The molecular weight excluding hydrogens is 323 g/mol. The number of H-pyrrole nitrogens is 1. The average molecular weight is 340 g/mol. The highest BCUT2D eigenvalue weighted by Gasteiger charge is 2.17. The van der Waals surface area contributed by atoms with Gasteiger partial charge in [0.1, 0.15) is 11.6 Å². The molecule has 0 aliphatic carbocycles. The summed E-state index contributed by atoms with van der Waals surface area (Å²) in [7, 11) is 0. The van der Waals surface area contributed by atoms with Crippen LogP contribution in [0.15, 0.2) is 48.5 Å². The first-order valence-corrected chi connectivity index (χ1v) is 7.74. The topological polar surface area (TPSA) is 79.9 Å². The number of ether oxygens (including phenoxy) is 1. The van der Waals surface area contributed by atoms with Crippen molar-refractivity contribution >= 4 is 11.9 Å². The lowest BCUT2D eigenvalue weighted by atomic mass is 10.2. The molecule has 2 N–H and O–H groups in total. The first kappa shape index (κ1) is 16.6. The molecule has 1 aromatic heterocycles. The third-order valence-corrected chi connectivity index (χ3v) is 3.54. The highest BCUT2D eigenvalue weighted by atomic mass is 19.1. The predicted molar refractivity (Wildman–Crippen MR) is 91.7 cm³/mol. The van der Waals surface area contributed by atoms with E-state index in [1.54, 1.807) is 31.2 Å². The van der Waals surface area contributed by atoms with Crippen molar-refractivity contribution in [1.29, 1.82) is 0 Å².